The molecule has 0 bridgehead atoms. The zero-order valence-corrected chi connectivity index (χ0v) is 14.0. The van der Waals surface area contributed by atoms with Crippen molar-refractivity contribution in [1.29, 1.82) is 0 Å². The van der Waals surface area contributed by atoms with Gasteiger partial charge in [0.15, 0.2) is 5.75 Å². The Morgan fingerprint density at radius 3 is 2.20 bits per heavy atom. The highest BCUT2D eigenvalue weighted by Crippen LogP contribution is 2.33. The molecule has 20 heavy (non-hydrogen) atoms. The van der Waals surface area contributed by atoms with Crippen LogP contribution < -0.4 is 10.1 Å². The van der Waals surface area contributed by atoms with Crippen LogP contribution in [-0.2, 0) is 6.54 Å². The lowest BCUT2D eigenvalue weighted by Gasteiger charge is -2.09. The van der Waals surface area contributed by atoms with E-state index in [1.54, 1.807) is 7.11 Å². The molecule has 1 N–H and O–H groups in total. The molecule has 114 valence electrons. The summed E-state index contributed by atoms with van der Waals surface area (Å²) in [6.45, 7) is 4.07. The zero-order chi connectivity index (χ0) is 14.8. The van der Waals surface area contributed by atoms with Crippen molar-refractivity contribution in [2.75, 3.05) is 13.7 Å². The first kappa shape index (κ1) is 17.6. The van der Waals surface area contributed by atoms with E-state index in [4.69, 9.17) is 27.9 Å². The highest BCUT2D eigenvalue weighted by molar-refractivity contribution is 6.37. The van der Waals surface area contributed by atoms with E-state index >= 15 is 0 Å². The molecular formula is C16H25Cl2NO. The molecule has 0 unspecified atom stereocenters. The molecule has 0 aromatic heterocycles. The average Bonchev–Trinajstić information content (AvgIpc) is 2.41. The summed E-state index contributed by atoms with van der Waals surface area (Å²) in [5.74, 6) is 0.549. The van der Waals surface area contributed by atoms with Gasteiger partial charge in [-0.1, -0.05) is 62.2 Å². The third-order valence-electron chi connectivity index (χ3n) is 3.30. The van der Waals surface area contributed by atoms with Crippen molar-refractivity contribution in [2.24, 2.45) is 0 Å². The Morgan fingerprint density at radius 1 is 1.00 bits per heavy atom. The number of hydrogen-bond acceptors (Lipinski definition) is 2. The number of unbranched alkanes of at least 4 members (excludes halogenated alkanes) is 5. The zero-order valence-electron chi connectivity index (χ0n) is 12.5. The molecule has 0 heterocycles. The maximum atomic E-state index is 6.11. The Morgan fingerprint density at radius 2 is 1.60 bits per heavy atom. The fourth-order valence-corrected chi connectivity index (χ4v) is 2.86. The van der Waals surface area contributed by atoms with Crippen LogP contribution in [0.3, 0.4) is 0 Å². The molecule has 0 aliphatic carbocycles. The highest BCUT2D eigenvalue weighted by atomic mass is 35.5. The molecule has 4 heteroatoms. The van der Waals surface area contributed by atoms with Crippen LogP contribution in [0.1, 0.15) is 51.0 Å². The molecule has 0 fully saturated rings. The fourth-order valence-electron chi connectivity index (χ4n) is 2.17. The third kappa shape index (κ3) is 6.34. The van der Waals surface area contributed by atoms with Crippen molar-refractivity contribution in [2.45, 2.75) is 52.0 Å². The lowest BCUT2D eigenvalue weighted by molar-refractivity contribution is 0.415. The van der Waals surface area contributed by atoms with Crippen LogP contribution in [0.2, 0.25) is 10.0 Å². The molecule has 0 spiro atoms. The largest absolute Gasteiger partial charge is 0.494 e. The second kappa shape index (κ2) is 10.3. The van der Waals surface area contributed by atoms with Gasteiger partial charge in [0, 0.05) is 6.54 Å². The van der Waals surface area contributed by atoms with Gasteiger partial charge < -0.3 is 10.1 Å². The smallest absolute Gasteiger partial charge is 0.156 e. The number of rotatable bonds is 10. The topological polar surface area (TPSA) is 21.3 Å². The van der Waals surface area contributed by atoms with Gasteiger partial charge in [0.25, 0.3) is 0 Å². The van der Waals surface area contributed by atoms with Crippen LogP contribution in [0, 0.1) is 0 Å². The van der Waals surface area contributed by atoms with Crippen molar-refractivity contribution >= 4 is 23.2 Å². The SMILES string of the molecule is CCCCCCCCNCc1cc(Cl)c(OC)c(Cl)c1. The van der Waals surface area contributed by atoms with Gasteiger partial charge in [0.1, 0.15) is 0 Å². The van der Waals surface area contributed by atoms with Crippen LogP contribution in [0.25, 0.3) is 0 Å². The standard InChI is InChI=1S/C16H25Cl2NO/c1-3-4-5-6-7-8-9-19-12-13-10-14(17)16(20-2)15(18)11-13/h10-11,19H,3-9,12H2,1-2H3. The van der Waals surface area contributed by atoms with Crippen molar-refractivity contribution in [3.63, 3.8) is 0 Å². The van der Waals surface area contributed by atoms with E-state index < -0.39 is 0 Å². The van der Waals surface area contributed by atoms with E-state index in [2.05, 4.69) is 12.2 Å². The summed E-state index contributed by atoms with van der Waals surface area (Å²) in [5, 5.41) is 4.56. The summed E-state index contributed by atoms with van der Waals surface area (Å²) in [7, 11) is 1.57. The predicted molar refractivity (Wildman–Crippen MR) is 88.1 cm³/mol. The first-order valence-electron chi connectivity index (χ1n) is 7.41. The molecule has 0 saturated carbocycles. The first-order chi connectivity index (χ1) is 9.69. The fraction of sp³-hybridized carbons (Fsp3) is 0.625. The summed E-state index contributed by atoms with van der Waals surface area (Å²) >= 11 is 12.2. The van der Waals surface area contributed by atoms with E-state index in [0.29, 0.717) is 15.8 Å². The number of nitrogens with one attached hydrogen (secondary N) is 1. The van der Waals surface area contributed by atoms with Gasteiger partial charge in [-0.25, -0.2) is 0 Å². The number of hydrogen-bond donors (Lipinski definition) is 1. The van der Waals surface area contributed by atoms with Crippen molar-refractivity contribution < 1.29 is 4.74 Å². The summed E-state index contributed by atoms with van der Waals surface area (Å²) in [4.78, 5) is 0. The number of methoxy groups -OCH3 is 1. The monoisotopic (exact) mass is 317 g/mol. The lowest BCUT2D eigenvalue weighted by Crippen LogP contribution is -2.14. The first-order valence-corrected chi connectivity index (χ1v) is 8.17. The number of ether oxygens (including phenoxy) is 1. The number of benzene rings is 1. The Labute approximate surface area is 132 Å². The Bertz CT molecular complexity index is 373. The lowest BCUT2D eigenvalue weighted by atomic mass is 10.1. The third-order valence-corrected chi connectivity index (χ3v) is 3.86. The minimum Gasteiger partial charge on any atom is -0.494 e. The van der Waals surface area contributed by atoms with Gasteiger partial charge in [-0.2, -0.15) is 0 Å². The van der Waals surface area contributed by atoms with Gasteiger partial charge in [-0.05, 0) is 30.7 Å². The highest BCUT2D eigenvalue weighted by Gasteiger charge is 2.08. The Balaban J connectivity index is 2.22. The van der Waals surface area contributed by atoms with Crippen molar-refractivity contribution in [1.82, 2.24) is 5.32 Å². The summed E-state index contributed by atoms with van der Waals surface area (Å²) < 4.78 is 5.14. The minimum absolute atomic E-state index is 0.549. The predicted octanol–water partition coefficient (Wildman–Crippen LogP) is 5.45. The molecule has 0 saturated heterocycles. The molecule has 0 radical (unpaired) electrons. The quantitative estimate of drug-likeness (QED) is 0.579. The Kier molecular flexibility index (Phi) is 9.08. The van der Waals surface area contributed by atoms with Gasteiger partial charge in [0.2, 0.25) is 0 Å². The van der Waals surface area contributed by atoms with E-state index in [9.17, 15) is 0 Å². The molecular weight excluding hydrogens is 293 g/mol. The average molecular weight is 318 g/mol. The van der Waals surface area contributed by atoms with E-state index in [1.165, 1.54) is 38.5 Å². The van der Waals surface area contributed by atoms with Gasteiger partial charge in [-0.15, -0.1) is 0 Å². The second-order valence-electron chi connectivity index (χ2n) is 5.04. The molecule has 1 rings (SSSR count). The molecule has 0 atom stereocenters. The molecule has 0 aliphatic rings. The summed E-state index contributed by atoms with van der Waals surface area (Å²) in [6.07, 6.45) is 7.89. The second-order valence-corrected chi connectivity index (χ2v) is 5.85. The molecule has 0 aliphatic heterocycles. The maximum absolute atomic E-state index is 6.11. The van der Waals surface area contributed by atoms with Crippen molar-refractivity contribution in [3.8, 4) is 5.75 Å². The summed E-state index contributed by atoms with van der Waals surface area (Å²) in [5.41, 5.74) is 1.09. The number of halogens is 2. The van der Waals surface area contributed by atoms with Crippen LogP contribution in [0.4, 0.5) is 0 Å². The van der Waals surface area contributed by atoms with E-state index in [1.807, 2.05) is 12.1 Å². The summed E-state index contributed by atoms with van der Waals surface area (Å²) in [6, 6.07) is 3.81. The maximum Gasteiger partial charge on any atom is 0.156 e. The van der Waals surface area contributed by atoms with Crippen LogP contribution in [0.5, 0.6) is 5.75 Å². The minimum atomic E-state index is 0.549. The molecule has 1 aromatic carbocycles. The van der Waals surface area contributed by atoms with Gasteiger partial charge in [0.05, 0.1) is 17.2 Å². The van der Waals surface area contributed by atoms with Crippen LogP contribution in [0.15, 0.2) is 12.1 Å². The van der Waals surface area contributed by atoms with Crippen LogP contribution in [-0.4, -0.2) is 13.7 Å². The Hall–Kier alpha value is -0.440. The van der Waals surface area contributed by atoms with Crippen LogP contribution >= 0.6 is 23.2 Å². The van der Waals surface area contributed by atoms with Gasteiger partial charge in [-0.3, -0.25) is 0 Å². The van der Waals surface area contributed by atoms with E-state index in [-0.39, 0.29) is 0 Å². The molecule has 2 nitrogen and oxygen atoms in total. The van der Waals surface area contributed by atoms with E-state index in [0.717, 1.165) is 18.7 Å². The molecule has 0 amide bonds. The normalized spacial score (nSPS) is 10.8. The molecule has 1 aromatic rings. The van der Waals surface area contributed by atoms with Gasteiger partial charge >= 0.3 is 0 Å². The van der Waals surface area contributed by atoms with Crippen molar-refractivity contribution in [3.05, 3.63) is 27.7 Å².